The standard InChI is InChI=1S/C23H24FN3O2/c24-17-6-3-5-15(10-17)21-12-25-18(11-26-21)8-9-20-19-7-2-1-4-16(19)13-27-22(20)14-29-23(27)28/h3,5-6,8-12,16,19-20,22H,1-2,4,7,13-14H2/t16?,19?,20?,22-/m1/s1. The largest absolute Gasteiger partial charge is 0.447 e. The molecule has 0 bridgehead atoms. The van der Waals surface area contributed by atoms with Crippen molar-refractivity contribution in [2.45, 2.75) is 31.7 Å². The second-order valence-corrected chi connectivity index (χ2v) is 8.28. The Hall–Kier alpha value is -2.76. The van der Waals surface area contributed by atoms with Gasteiger partial charge in [-0.25, -0.2) is 9.18 Å². The lowest BCUT2D eigenvalue weighted by Gasteiger charge is -2.46. The predicted octanol–water partition coefficient (Wildman–Crippen LogP) is 4.55. The summed E-state index contributed by atoms with van der Waals surface area (Å²) in [5, 5.41) is 0. The van der Waals surface area contributed by atoms with Crippen molar-refractivity contribution in [1.29, 1.82) is 0 Å². The summed E-state index contributed by atoms with van der Waals surface area (Å²) in [5.74, 6) is 1.15. The molecule has 1 amide bonds. The third-order valence-electron chi connectivity index (χ3n) is 6.63. The van der Waals surface area contributed by atoms with Crippen LogP contribution in [0.25, 0.3) is 17.3 Å². The number of piperidine rings is 1. The van der Waals surface area contributed by atoms with E-state index in [1.807, 2.05) is 17.0 Å². The van der Waals surface area contributed by atoms with Crippen LogP contribution in [0.2, 0.25) is 0 Å². The summed E-state index contributed by atoms with van der Waals surface area (Å²) in [5.41, 5.74) is 2.12. The number of hydrogen-bond donors (Lipinski definition) is 0. The summed E-state index contributed by atoms with van der Waals surface area (Å²) in [6.45, 7) is 1.31. The summed E-state index contributed by atoms with van der Waals surface area (Å²) in [4.78, 5) is 23.0. The average Bonchev–Trinajstić information content (AvgIpc) is 3.12. The fourth-order valence-electron chi connectivity index (χ4n) is 5.20. The lowest BCUT2D eigenvalue weighted by molar-refractivity contribution is 0.0472. The Labute approximate surface area is 169 Å². The van der Waals surface area contributed by atoms with Crippen LogP contribution in [0.5, 0.6) is 0 Å². The molecule has 4 atom stereocenters. The molecule has 3 aliphatic rings. The second kappa shape index (κ2) is 7.58. The number of ether oxygens (including phenoxy) is 1. The van der Waals surface area contributed by atoms with Crippen LogP contribution in [-0.2, 0) is 4.74 Å². The maximum absolute atomic E-state index is 13.4. The molecule has 1 aromatic carbocycles. The number of halogens is 1. The van der Waals surface area contributed by atoms with Crippen LogP contribution in [0, 0.1) is 23.6 Å². The zero-order valence-electron chi connectivity index (χ0n) is 16.2. The van der Waals surface area contributed by atoms with Crippen molar-refractivity contribution >= 4 is 12.2 Å². The third kappa shape index (κ3) is 3.52. The highest BCUT2D eigenvalue weighted by atomic mass is 19.1. The van der Waals surface area contributed by atoms with E-state index >= 15 is 0 Å². The van der Waals surface area contributed by atoms with Crippen molar-refractivity contribution in [2.75, 3.05) is 13.2 Å². The van der Waals surface area contributed by atoms with Crippen molar-refractivity contribution < 1.29 is 13.9 Å². The second-order valence-electron chi connectivity index (χ2n) is 8.28. The van der Waals surface area contributed by atoms with Crippen molar-refractivity contribution in [1.82, 2.24) is 14.9 Å². The smallest absolute Gasteiger partial charge is 0.410 e. The monoisotopic (exact) mass is 393 g/mol. The minimum absolute atomic E-state index is 0.123. The molecule has 6 heteroatoms. The molecule has 0 N–H and O–H groups in total. The van der Waals surface area contributed by atoms with Gasteiger partial charge in [0.1, 0.15) is 12.4 Å². The van der Waals surface area contributed by atoms with Gasteiger partial charge in [0.2, 0.25) is 0 Å². The molecule has 1 aromatic heterocycles. The fourth-order valence-corrected chi connectivity index (χ4v) is 5.20. The van der Waals surface area contributed by atoms with E-state index in [0.29, 0.717) is 29.7 Å². The lowest BCUT2D eigenvalue weighted by Crippen LogP contribution is -2.52. The molecule has 29 heavy (non-hydrogen) atoms. The van der Waals surface area contributed by atoms with Gasteiger partial charge in [-0.05, 0) is 42.9 Å². The molecule has 3 heterocycles. The number of rotatable bonds is 3. The number of fused-ring (bicyclic) bond motifs is 2. The van der Waals surface area contributed by atoms with Crippen LogP contribution < -0.4 is 0 Å². The van der Waals surface area contributed by atoms with E-state index in [2.05, 4.69) is 16.0 Å². The van der Waals surface area contributed by atoms with Crippen molar-refractivity contribution in [2.24, 2.45) is 17.8 Å². The van der Waals surface area contributed by atoms with Gasteiger partial charge in [0, 0.05) is 18.0 Å². The number of cyclic esters (lactones) is 1. The van der Waals surface area contributed by atoms with Gasteiger partial charge >= 0.3 is 6.09 Å². The third-order valence-corrected chi connectivity index (χ3v) is 6.63. The van der Waals surface area contributed by atoms with Gasteiger partial charge in [-0.1, -0.05) is 31.1 Å². The van der Waals surface area contributed by atoms with Crippen molar-refractivity contribution in [3.8, 4) is 11.3 Å². The summed E-state index contributed by atoms with van der Waals surface area (Å²) in [6, 6.07) is 6.48. The number of carbonyl (C=O) groups excluding carboxylic acids is 1. The van der Waals surface area contributed by atoms with Crippen LogP contribution in [-0.4, -0.2) is 40.2 Å². The van der Waals surface area contributed by atoms with Gasteiger partial charge in [-0.3, -0.25) is 9.97 Å². The van der Waals surface area contributed by atoms with Crippen LogP contribution in [0.4, 0.5) is 9.18 Å². The fraction of sp³-hybridized carbons (Fsp3) is 0.435. The summed E-state index contributed by atoms with van der Waals surface area (Å²) in [6.07, 6.45) is 12.3. The highest BCUT2D eigenvalue weighted by Crippen LogP contribution is 2.44. The average molecular weight is 393 g/mol. The first kappa shape index (κ1) is 18.3. The molecule has 0 radical (unpaired) electrons. The van der Waals surface area contributed by atoms with Crippen LogP contribution in [0.3, 0.4) is 0 Å². The van der Waals surface area contributed by atoms with E-state index in [0.717, 1.165) is 12.2 Å². The first-order valence-electron chi connectivity index (χ1n) is 10.4. The Morgan fingerprint density at radius 3 is 2.90 bits per heavy atom. The predicted molar refractivity (Wildman–Crippen MR) is 107 cm³/mol. The Balaban J connectivity index is 1.37. The van der Waals surface area contributed by atoms with Gasteiger partial charge < -0.3 is 9.64 Å². The number of carbonyl (C=O) groups is 1. The minimum atomic E-state index is -0.287. The maximum atomic E-state index is 13.4. The topological polar surface area (TPSA) is 55.3 Å². The maximum Gasteiger partial charge on any atom is 0.410 e. The van der Waals surface area contributed by atoms with Crippen molar-refractivity contribution in [3.05, 3.63) is 54.2 Å². The van der Waals surface area contributed by atoms with Crippen molar-refractivity contribution in [3.63, 3.8) is 0 Å². The molecule has 1 saturated carbocycles. The zero-order chi connectivity index (χ0) is 19.8. The Kier molecular flexibility index (Phi) is 4.78. The summed E-state index contributed by atoms with van der Waals surface area (Å²) >= 11 is 0. The number of benzene rings is 1. The van der Waals surface area contributed by atoms with Gasteiger partial charge in [-0.2, -0.15) is 0 Å². The molecule has 3 fully saturated rings. The van der Waals surface area contributed by atoms with E-state index in [1.165, 1.54) is 37.8 Å². The van der Waals surface area contributed by atoms with E-state index in [9.17, 15) is 9.18 Å². The molecular formula is C23H24FN3O2. The number of amides is 1. The molecule has 2 aromatic rings. The SMILES string of the molecule is O=C1OC[C@@H]2C(C=Cc3cnc(-c4cccc(F)c4)cn3)C3CCCCC3CN12. The molecule has 1 aliphatic carbocycles. The van der Waals surface area contributed by atoms with E-state index in [-0.39, 0.29) is 23.9 Å². The highest BCUT2D eigenvalue weighted by molar-refractivity contribution is 5.70. The Morgan fingerprint density at radius 1 is 1.17 bits per heavy atom. The van der Waals surface area contributed by atoms with Gasteiger partial charge in [0.05, 0.1) is 29.8 Å². The lowest BCUT2D eigenvalue weighted by atomic mass is 9.67. The molecule has 2 aliphatic heterocycles. The molecule has 5 nitrogen and oxygen atoms in total. The minimum Gasteiger partial charge on any atom is -0.447 e. The molecule has 2 saturated heterocycles. The number of aromatic nitrogens is 2. The molecule has 0 spiro atoms. The van der Waals surface area contributed by atoms with Crippen LogP contribution >= 0.6 is 0 Å². The quantitative estimate of drug-likeness (QED) is 0.768. The zero-order valence-corrected chi connectivity index (χ0v) is 16.2. The van der Waals surface area contributed by atoms with Crippen LogP contribution in [0.15, 0.2) is 42.7 Å². The summed E-state index contributed by atoms with van der Waals surface area (Å²) < 4.78 is 18.8. The first-order valence-corrected chi connectivity index (χ1v) is 10.4. The van der Waals surface area contributed by atoms with Gasteiger partial charge in [0.15, 0.2) is 0 Å². The molecule has 3 unspecified atom stereocenters. The van der Waals surface area contributed by atoms with Gasteiger partial charge in [-0.15, -0.1) is 0 Å². The summed E-state index contributed by atoms with van der Waals surface area (Å²) in [7, 11) is 0. The molecular weight excluding hydrogens is 369 g/mol. The number of hydrogen-bond acceptors (Lipinski definition) is 4. The van der Waals surface area contributed by atoms with Crippen LogP contribution in [0.1, 0.15) is 31.4 Å². The van der Waals surface area contributed by atoms with E-state index in [4.69, 9.17) is 4.74 Å². The normalized spacial score (nSPS) is 28.9. The Bertz CT molecular complexity index is 930. The first-order chi connectivity index (χ1) is 14.2. The Morgan fingerprint density at radius 2 is 2.07 bits per heavy atom. The van der Waals surface area contributed by atoms with E-state index in [1.54, 1.807) is 18.5 Å². The molecule has 5 rings (SSSR count). The highest BCUT2D eigenvalue weighted by Gasteiger charge is 2.48. The number of nitrogens with zero attached hydrogens (tertiary/aromatic N) is 3. The molecule has 150 valence electrons. The van der Waals surface area contributed by atoms with E-state index < -0.39 is 0 Å². The van der Waals surface area contributed by atoms with Gasteiger partial charge in [0.25, 0.3) is 0 Å².